The lowest BCUT2D eigenvalue weighted by molar-refractivity contribution is -0.142. The fourth-order valence-electron chi connectivity index (χ4n) is 2.69. The van der Waals surface area contributed by atoms with Crippen molar-refractivity contribution < 1.29 is 14.3 Å². The van der Waals surface area contributed by atoms with Crippen molar-refractivity contribution in [1.82, 2.24) is 0 Å². The number of allylic oxidation sites excluding steroid dienone is 1. The second kappa shape index (κ2) is 5.61. The van der Waals surface area contributed by atoms with E-state index in [0.717, 1.165) is 17.4 Å². The van der Waals surface area contributed by atoms with Crippen molar-refractivity contribution in [3.05, 3.63) is 47.5 Å². The molecule has 0 amide bonds. The molecular weight excluding hydrogens is 252 g/mol. The molecule has 0 aromatic heterocycles. The van der Waals surface area contributed by atoms with E-state index >= 15 is 0 Å². The minimum Gasteiger partial charge on any atom is -0.469 e. The van der Waals surface area contributed by atoms with Crippen molar-refractivity contribution in [2.24, 2.45) is 17.3 Å². The highest BCUT2D eigenvalue weighted by molar-refractivity contribution is 5.84. The number of esters is 1. The average molecular weight is 272 g/mol. The van der Waals surface area contributed by atoms with Gasteiger partial charge in [0.2, 0.25) is 0 Å². The molecule has 1 saturated carbocycles. The van der Waals surface area contributed by atoms with Crippen molar-refractivity contribution >= 4 is 12.3 Å². The highest BCUT2D eigenvalue weighted by atomic mass is 16.5. The third kappa shape index (κ3) is 2.82. The van der Waals surface area contributed by atoms with Crippen molar-refractivity contribution in [2.45, 2.75) is 20.3 Å². The highest BCUT2D eigenvalue weighted by Crippen LogP contribution is 2.58. The maximum Gasteiger partial charge on any atom is 0.313 e. The molecule has 0 saturated heterocycles. The fraction of sp³-hybridized carbons (Fsp3) is 0.412. The van der Waals surface area contributed by atoms with E-state index < -0.39 is 0 Å². The second-order valence-electron chi connectivity index (χ2n) is 5.79. The second-order valence-corrected chi connectivity index (χ2v) is 5.79. The minimum absolute atomic E-state index is 0.189. The molecule has 0 bridgehead atoms. The number of benzene rings is 1. The van der Waals surface area contributed by atoms with Crippen molar-refractivity contribution in [3.63, 3.8) is 0 Å². The number of carbonyl (C=O) groups is 2. The summed E-state index contributed by atoms with van der Waals surface area (Å²) >= 11 is 0. The van der Waals surface area contributed by atoms with Crippen LogP contribution in [0.1, 0.15) is 19.4 Å². The van der Waals surface area contributed by atoms with Gasteiger partial charge in [-0.1, -0.05) is 55.8 Å². The number of aldehydes is 1. The number of hydrogen-bond acceptors (Lipinski definition) is 3. The summed E-state index contributed by atoms with van der Waals surface area (Å²) in [7, 11) is 1.40. The number of rotatable bonds is 5. The molecule has 1 aromatic rings. The van der Waals surface area contributed by atoms with Crippen LogP contribution in [0, 0.1) is 17.3 Å². The van der Waals surface area contributed by atoms with Crippen LogP contribution in [0.5, 0.6) is 0 Å². The topological polar surface area (TPSA) is 43.4 Å². The Kier molecular flexibility index (Phi) is 4.07. The van der Waals surface area contributed by atoms with E-state index in [0.29, 0.717) is 6.42 Å². The monoisotopic (exact) mass is 272 g/mol. The van der Waals surface area contributed by atoms with E-state index in [4.69, 9.17) is 4.74 Å². The van der Waals surface area contributed by atoms with Crippen LogP contribution >= 0.6 is 0 Å². The van der Waals surface area contributed by atoms with Gasteiger partial charge in [0.25, 0.3) is 0 Å². The zero-order valence-corrected chi connectivity index (χ0v) is 12.1. The molecule has 20 heavy (non-hydrogen) atoms. The summed E-state index contributed by atoms with van der Waals surface area (Å²) < 4.78 is 4.81. The van der Waals surface area contributed by atoms with Gasteiger partial charge in [-0.05, 0) is 12.0 Å². The lowest BCUT2D eigenvalue weighted by atomic mass is 9.99. The Hall–Kier alpha value is -1.90. The first-order valence-corrected chi connectivity index (χ1v) is 6.80. The van der Waals surface area contributed by atoms with E-state index in [9.17, 15) is 9.59 Å². The maximum absolute atomic E-state index is 11.7. The van der Waals surface area contributed by atoms with Gasteiger partial charge in [-0.15, -0.1) is 0 Å². The summed E-state index contributed by atoms with van der Waals surface area (Å²) in [6.45, 7) is 4.01. The molecule has 1 fully saturated rings. The predicted molar refractivity (Wildman–Crippen MR) is 77.1 cm³/mol. The van der Waals surface area contributed by atoms with Gasteiger partial charge in [-0.3, -0.25) is 4.79 Å². The molecule has 3 heteroatoms. The third-order valence-electron chi connectivity index (χ3n) is 4.01. The van der Waals surface area contributed by atoms with E-state index in [1.807, 2.05) is 50.3 Å². The molecule has 0 N–H and O–H groups in total. The smallest absolute Gasteiger partial charge is 0.313 e. The summed E-state index contributed by atoms with van der Waals surface area (Å²) in [4.78, 5) is 22.9. The Balaban J connectivity index is 2.12. The highest BCUT2D eigenvalue weighted by Gasteiger charge is 2.57. The summed E-state index contributed by atoms with van der Waals surface area (Å²) in [5, 5.41) is 0. The quantitative estimate of drug-likeness (QED) is 0.470. The van der Waals surface area contributed by atoms with Crippen molar-refractivity contribution in [2.75, 3.05) is 7.11 Å². The van der Waals surface area contributed by atoms with E-state index in [-0.39, 0.29) is 23.2 Å². The number of ether oxygens (including phenoxy) is 1. The van der Waals surface area contributed by atoms with Gasteiger partial charge in [0.15, 0.2) is 0 Å². The fourth-order valence-corrected chi connectivity index (χ4v) is 2.69. The van der Waals surface area contributed by atoms with Crippen LogP contribution in [-0.2, 0) is 20.7 Å². The van der Waals surface area contributed by atoms with Gasteiger partial charge < -0.3 is 9.53 Å². The van der Waals surface area contributed by atoms with Crippen molar-refractivity contribution in [3.8, 4) is 0 Å². The molecule has 1 aliphatic rings. The van der Waals surface area contributed by atoms with Crippen LogP contribution in [0.15, 0.2) is 42.0 Å². The van der Waals surface area contributed by atoms with Crippen LogP contribution in [0.4, 0.5) is 0 Å². The van der Waals surface area contributed by atoms with Gasteiger partial charge in [0.05, 0.1) is 13.0 Å². The van der Waals surface area contributed by atoms with E-state index in [1.54, 1.807) is 0 Å². The van der Waals surface area contributed by atoms with Crippen LogP contribution in [-0.4, -0.2) is 19.4 Å². The first kappa shape index (κ1) is 14.5. The lowest BCUT2D eigenvalue weighted by Gasteiger charge is -2.05. The molecule has 106 valence electrons. The SMILES string of the molecule is COC(=O)C1C(=CC(C=O)Cc2ccccc2)C1(C)C. The molecule has 1 aromatic carbocycles. The zero-order valence-electron chi connectivity index (χ0n) is 12.1. The molecule has 2 unspecified atom stereocenters. The third-order valence-corrected chi connectivity index (χ3v) is 4.01. The standard InChI is InChI=1S/C17H20O3/c1-17(2)14(15(17)16(19)20-3)10-13(11-18)9-12-7-5-4-6-8-12/h4-8,10-11,13,15H,9H2,1-3H3. The number of methoxy groups -OCH3 is 1. The van der Waals surface area contributed by atoms with Crippen LogP contribution in [0.2, 0.25) is 0 Å². The number of carbonyl (C=O) groups excluding carboxylic acids is 2. The summed E-state index contributed by atoms with van der Waals surface area (Å²) in [5.41, 5.74) is 1.94. The molecule has 3 nitrogen and oxygen atoms in total. The Morgan fingerprint density at radius 1 is 1.35 bits per heavy atom. The normalized spacial score (nSPS) is 23.1. The molecular formula is C17H20O3. The zero-order chi connectivity index (χ0) is 14.8. The maximum atomic E-state index is 11.7. The first-order valence-electron chi connectivity index (χ1n) is 6.80. The molecule has 0 radical (unpaired) electrons. The van der Waals surface area contributed by atoms with E-state index in [1.165, 1.54) is 7.11 Å². The van der Waals surface area contributed by atoms with Gasteiger partial charge >= 0.3 is 5.97 Å². The number of hydrogen-bond donors (Lipinski definition) is 0. The Bertz CT molecular complexity index is 528. The lowest BCUT2D eigenvalue weighted by Crippen LogP contribution is -2.07. The molecule has 0 spiro atoms. The average Bonchev–Trinajstić information content (AvgIpc) is 2.99. The summed E-state index contributed by atoms with van der Waals surface area (Å²) in [5.74, 6) is -0.613. The van der Waals surface area contributed by atoms with Crippen LogP contribution < -0.4 is 0 Å². The molecule has 0 aliphatic heterocycles. The first-order chi connectivity index (χ1) is 9.50. The van der Waals surface area contributed by atoms with Gasteiger partial charge in [0, 0.05) is 11.3 Å². The van der Waals surface area contributed by atoms with Gasteiger partial charge in [0.1, 0.15) is 6.29 Å². The molecule has 2 atom stereocenters. The molecule has 1 aliphatic carbocycles. The largest absolute Gasteiger partial charge is 0.469 e. The Morgan fingerprint density at radius 3 is 2.55 bits per heavy atom. The molecule has 2 rings (SSSR count). The summed E-state index contributed by atoms with van der Waals surface area (Å²) in [6.07, 6.45) is 3.54. The predicted octanol–water partition coefficient (Wildman–Crippen LogP) is 2.80. The van der Waals surface area contributed by atoms with Crippen LogP contribution in [0.25, 0.3) is 0 Å². The van der Waals surface area contributed by atoms with Gasteiger partial charge in [-0.2, -0.15) is 0 Å². The van der Waals surface area contributed by atoms with Crippen LogP contribution in [0.3, 0.4) is 0 Å². The van der Waals surface area contributed by atoms with Gasteiger partial charge in [-0.25, -0.2) is 0 Å². The molecule has 0 heterocycles. The van der Waals surface area contributed by atoms with E-state index in [2.05, 4.69) is 0 Å². The Morgan fingerprint density at radius 2 is 2.00 bits per heavy atom. The minimum atomic E-state index is -0.217. The summed E-state index contributed by atoms with van der Waals surface area (Å²) in [6, 6.07) is 9.89. The van der Waals surface area contributed by atoms with Crippen molar-refractivity contribution in [1.29, 1.82) is 0 Å². The Labute approximate surface area is 119 Å².